The Hall–Kier alpha value is -0.620. The molecule has 1 aromatic rings. The Morgan fingerprint density at radius 3 is 2.61 bits per heavy atom. The van der Waals surface area contributed by atoms with Crippen LogP contribution in [0.25, 0.3) is 0 Å². The van der Waals surface area contributed by atoms with Gasteiger partial charge in [0.1, 0.15) is 0 Å². The van der Waals surface area contributed by atoms with Gasteiger partial charge in [0, 0.05) is 21.7 Å². The topological polar surface area (TPSA) is 55.1 Å². The van der Waals surface area contributed by atoms with Gasteiger partial charge in [0.15, 0.2) is 0 Å². The van der Waals surface area contributed by atoms with E-state index in [2.05, 4.69) is 27.9 Å². The summed E-state index contributed by atoms with van der Waals surface area (Å²) < 4.78 is 1.11. The molecule has 0 saturated heterocycles. The number of carbonyl (C=O) groups is 1. The zero-order chi connectivity index (χ0) is 13.9. The Labute approximate surface area is 123 Å². The molecule has 100 valence electrons. The molecule has 1 aromatic carbocycles. The minimum atomic E-state index is -0.138. The van der Waals surface area contributed by atoms with Crippen LogP contribution in [0.5, 0.6) is 0 Å². The Bertz CT molecular complexity index is 438. The summed E-state index contributed by atoms with van der Waals surface area (Å²) >= 11 is 2.23. The van der Waals surface area contributed by atoms with Crippen molar-refractivity contribution >= 4 is 34.2 Å². The number of amides is 1. The first-order valence-electron chi connectivity index (χ1n) is 6.01. The van der Waals surface area contributed by atoms with Gasteiger partial charge >= 0.3 is 0 Å². The van der Waals surface area contributed by atoms with Crippen LogP contribution in [0.15, 0.2) is 18.2 Å². The SMILES string of the molecule is Cc1ccc(I)cc1NC(=O)CC(N)C(C)(C)C. The van der Waals surface area contributed by atoms with Crippen LogP contribution in [0, 0.1) is 15.9 Å². The highest BCUT2D eigenvalue weighted by Gasteiger charge is 2.23. The molecule has 0 aromatic heterocycles. The summed E-state index contributed by atoms with van der Waals surface area (Å²) in [6, 6.07) is 5.85. The van der Waals surface area contributed by atoms with E-state index in [1.54, 1.807) is 0 Å². The smallest absolute Gasteiger partial charge is 0.225 e. The van der Waals surface area contributed by atoms with Crippen LogP contribution in [0.1, 0.15) is 32.8 Å². The van der Waals surface area contributed by atoms with E-state index in [-0.39, 0.29) is 17.4 Å². The Morgan fingerprint density at radius 1 is 1.44 bits per heavy atom. The molecular formula is C14H21IN2O. The Morgan fingerprint density at radius 2 is 2.06 bits per heavy atom. The van der Waals surface area contributed by atoms with Gasteiger partial charge in [-0.25, -0.2) is 0 Å². The summed E-state index contributed by atoms with van der Waals surface area (Å²) in [6.07, 6.45) is 0.342. The fraction of sp³-hybridized carbons (Fsp3) is 0.500. The van der Waals surface area contributed by atoms with E-state index >= 15 is 0 Å². The summed E-state index contributed by atoms with van der Waals surface area (Å²) in [5, 5.41) is 2.93. The van der Waals surface area contributed by atoms with Gasteiger partial charge in [-0.05, 0) is 52.6 Å². The summed E-state index contributed by atoms with van der Waals surface area (Å²) in [5.74, 6) is -0.0254. The van der Waals surface area contributed by atoms with Crippen molar-refractivity contribution in [3.63, 3.8) is 0 Å². The van der Waals surface area contributed by atoms with Crippen LogP contribution in [-0.2, 0) is 4.79 Å². The molecule has 0 aliphatic carbocycles. The number of anilines is 1. The molecule has 1 amide bonds. The largest absolute Gasteiger partial charge is 0.327 e. The van der Waals surface area contributed by atoms with Crippen LogP contribution in [0.4, 0.5) is 5.69 Å². The first-order valence-corrected chi connectivity index (χ1v) is 7.09. The number of rotatable bonds is 3. The lowest BCUT2D eigenvalue weighted by Gasteiger charge is -2.26. The van der Waals surface area contributed by atoms with Crippen LogP contribution >= 0.6 is 22.6 Å². The van der Waals surface area contributed by atoms with Crippen molar-refractivity contribution in [2.24, 2.45) is 11.1 Å². The fourth-order valence-electron chi connectivity index (χ4n) is 1.44. The predicted octanol–water partition coefficient (Wildman–Crippen LogP) is 3.30. The van der Waals surface area contributed by atoms with Crippen LogP contribution in [0.2, 0.25) is 0 Å². The molecule has 1 unspecified atom stereocenters. The van der Waals surface area contributed by atoms with Crippen LogP contribution in [0.3, 0.4) is 0 Å². The third-order valence-electron chi connectivity index (χ3n) is 2.99. The minimum Gasteiger partial charge on any atom is -0.327 e. The van der Waals surface area contributed by atoms with E-state index in [1.165, 1.54) is 0 Å². The molecule has 1 atom stereocenters. The Kier molecular flexibility index (Phi) is 5.16. The number of aryl methyl sites for hydroxylation is 1. The highest BCUT2D eigenvalue weighted by Crippen LogP contribution is 2.22. The Balaban J connectivity index is 2.68. The molecule has 0 aliphatic rings. The summed E-state index contributed by atoms with van der Waals surface area (Å²) in [4.78, 5) is 11.9. The maximum Gasteiger partial charge on any atom is 0.225 e. The summed E-state index contributed by atoms with van der Waals surface area (Å²) in [5.41, 5.74) is 7.88. The lowest BCUT2D eigenvalue weighted by molar-refractivity contribution is -0.117. The molecule has 0 saturated carbocycles. The highest BCUT2D eigenvalue weighted by atomic mass is 127. The second-order valence-corrected chi connectivity index (χ2v) is 6.93. The van der Waals surface area contributed by atoms with Gasteiger partial charge in [-0.3, -0.25) is 4.79 Å². The van der Waals surface area contributed by atoms with E-state index in [4.69, 9.17) is 5.73 Å². The van der Waals surface area contributed by atoms with E-state index in [0.29, 0.717) is 6.42 Å². The molecule has 18 heavy (non-hydrogen) atoms. The van der Waals surface area contributed by atoms with Crippen molar-refractivity contribution in [1.82, 2.24) is 0 Å². The molecule has 0 heterocycles. The van der Waals surface area contributed by atoms with Gasteiger partial charge in [-0.1, -0.05) is 26.8 Å². The molecule has 3 nitrogen and oxygen atoms in total. The number of nitrogens with two attached hydrogens (primary N) is 1. The van der Waals surface area contributed by atoms with Crippen LogP contribution in [-0.4, -0.2) is 11.9 Å². The summed E-state index contributed by atoms with van der Waals surface area (Å²) in [7, 11) is 0. The average molecular weight is 360 g/mol. The number of hydrogen-bond donors (Lipinski definition) is 2. The third kappa shape index (κ3) is 4.57. The normalized spacial score (nSPS) is 13.2. The molecule has 0 bridgehead atoms. The predicted molar refractivity (Wildman–Crippen MR) is 84.6 cm³/mol. The molecule has 0 fully saturated rings. The molecule has 4 heteroatoms. The maximum atomic E-state index is 11.9. The van der Waals surface area contributed by atoms with Crippen molar-refractivity contribution in [2.75, 3.05) is 5.32 Å². The first-order chi connectivity index (χ1) is 8.20. The zero-order valence-electron chi connectivity index (χ0n) is 11.4. The van der Waals surface area contributed by atoms with Crippen molar-refractivity contribution in [2.45, 2.75) is 40.2 Å². The third-order valence-corrected chi connectivity index (χ3v) is 3.66. The molecule has 1 rings (SSSR count). The minimum absolute atomic E-state index is 0.0254. The standard InChI is InChI=1S/C14H21IN2O/c1-9-5-6-10(15)7-11(9)17-13(18)8-12(16)14(2,3)4/h5-7,12H,8,16H2,1-4H3,(H,17,18). The van der Waals surface area contributed by atoms with Gasteiger partial charge < -0.3 is 11.1 Å². The fourth-order valence-corrected chi connectivity index (χ4v) is 1.93. The lowest BCUT2D eigenvalue weighted by atomic mass is 9.85. The van der Waals surface area contributed by atoms with Gasteiger partial charge in [-0.15, -0.1) is 0 Å². The van der Waals surface area contributed by atoms with Gasteiger partial charge in [-0.2, -0.15) is 0 Å². The van der Waals surface area contributed by atoms with Crippen molar-refractivity contribution in [1.29, 1.82) is 0 Å². The summed E-state index contributed by atoms with van der Waals surface area (Å²) in [6.45, 7) is 8.11. The van der Waals surface area contributed by atoms with Gasteiger partial charge in [0.2, 0.25) is 5.91 Å². The van der Waals surface area contributed by atoms with E-state index in [0.717, 1.165) is 14.8 Å². The second-order valence-electron chi connectivity index (χ2n) is 5.68. The number of halogens is 1. The average Bonchev–Trinajstić information content (AvgIpc) is 2.22. The number of nitrogens with one attached hydrogen (secondary N) is 1. The monoisotopic (exact) mass is 360 g/mol. The molecule has 3 N–H and O–H groups in total. The molecule has 0 spiro atoms. The molecule has 0 aliphatic heterocycles. The van der Waals surface area contributed by atoms with E-state index in [9.17, 15) is 4.79 Å². The van der Waals surface area contributed by atoms with Crippen molar-refractivity contribution in [3.8, 4) is 0 Å². The first kappa shape index (κ1) is 15.4. The van der Waals surface area contributed by atoms with E-state index < -0.39 is 0 Å². The van der Waals surface area contributed by atoms with E-state index in [1.807, 2.05) is 45.9 Å². The lowest BCUT2D eigenvalue weighted by Crippen LogP contribution is -2.38. The molecular weight excluding hydrogens is 339 g/mol. The maximum absolute atomic E-state index is 11.9. The van der Waals surface area contributed by atoms with Crippen molar-refractivity contribution < 1.29 is 4.79 Å². The molecule has 0 radical (unpaired) electrons. The second kappa shape index (κ2) is 6.02. The van der Waals surface area contributed by atoms with Crippen LogP contribution < -0.4 is 11.1 Å². The van der Waals surface area contributed by atoms with Crippen molar-refractivity contribution in [3.05, 3.63) is 27.3 Å². The van der Waals surface area contributed by atoms with Gasteiger partial charge in [0.25, 0.3) is 0 Å². The number of hydrogen-bond acceptors (Lipinski definition) is 2. The number of benzene rings is 1. The zero-order valence-corrected chi connectivity index (χ0v) is 13.5. The number of carbonyl (C=O) groups excluding carboxylic acids is 1. The van der Waals surface area contributed by atoms with Gasteiger partial charge in [0.05, 0.1) is 0 Å². The quantitative estimate of drug-likeness (QED) is 0.813. The highest BCUT2D eigenvalue weighted by molar-refractivity contribution is 14.1.